The van der Waals surface area contributed by atoms with E-state index < -0.39 is 6.63 Å². The standard InChI is InChI=1S/C18H29Cl2P/c1-2-3-4-5-6-7-8-9-10-11-12-17-13-15-18(16-14-17)21(19)20/h13-16H,2-12H2,1H3. The van der Waals surface area contributed by atoms with E-state index in [4.69, 9.17) is 22.5 Å². The SMILES string of the molecule is CCCCCCCCCCCCc1ccc(P(Cl)Cl)cc1. The molecule has 0 aliphatic heterocycles. The van der Waals surface area contributed by atoms with Crippen molar-refractivity contribution >= 4 is 34.4 Å². The van der Waals surface area contributed by atoms with Crippen LogP contribution >= 0.6 is 29.1 Å². The van der Waals surface area contributed by atoms with Gasteiger partial charge in [-0.3, -0.25) is 0 Å². The summed E-state index contributed by atoms with van der Waals surface area (Å²) < 4.78 is 0. The number of benzene rings is 1. The van der Waals surface area contributed by atoms with Crippen molar-refractivity contribution in [2.75, 3.05) is 0 Å². The molecule has 21 heavy (non-hydrogen) atoms. The monoisotopic (exact) mass is 346 g/mol. The molecule has 0 unspecified atom stereocenters. The van der Waals surface area contributed by atoms with Gasteiger partial charge in [0.15, 0.2) is 0 Å². The van der Waals surface area contributed by atoms with E-state index in [1.54, 1.807) is 0 Å². The van der Waals surface area contributed by atoms with Crippen LogP contribution in [-0.2, 0) is 6.42 Å². The van der Waals surface area contributed by atoms with Crippen molar-refractivity contribution in [1.29, 1.82) is 0 Å². The van der Waals surface area contributed by atoms with Crippen LogP contribution < -0.4 is 5.30 Å². The fourth-order valence-corrected chi connectivity index (χ4v) is 3.64. The van der Waals surface area contributed by atoms with Gasteiger partial charge in [0.2, 0.25) is 0 Å². The van der Waals surface area contributed by atoms with Gasteiger partial charge in [-0.25, -0.2) is 0 Å². The Morgan fingerprint density at radius 1 is 0.714 bits per heavy atom. The smallest absolute Gasteiger partial charge is 0.0727 e. The van der Waals surface area contributed by atoms with Crippen LogP contribution in [0.2, 0.25) is 0 Å². The highest BCUT2D eigenvalue weighted by Crippen LogP contribution is 2.45. The van der Waals surface area contributed by atoms with Gasteiger partial charge in [-0.15, -0.1) is 0 Å². The highest BCUT2D eigenvalue weighted by molar-refractivity contribution is 8.08. The molecule has 0 aromatic heterocycles. The third kappa shape index (κ3) is 9.77. The van der Waals surface area contributed by atoms with Crippen LogP contribution in [0.15, 0.2) is 24.3 Å². The van der Waals surface area contributed by atoms with E-state index in [0.29, 0.717) is 0 Å². The minimum atomic E-state index is -0.992. The summed E-state index contributed by atoms with van der Waals surface area (Å²) in [5, 5.41) is 1.06. The van der Waals surface area contributed by atoms with Crippen LogP contribution in [-0.4, -0.2) is 0 Å². The third-order valence-corrected chi connectivity index (χ3v) is 5.81. The highest BCUT2D eigenvalue weighted by atomic mass is 35.9. The topological polar surface area (TPSA) is 0 Å². The van der Waals surface area contributed by atoms with Crippen LogP contribution in [0.1, 0.15) is 76.7 Å². The maximum atomic E-state index is 5.90. The van der Waals surface area contributed by atoms with Gasteiger partial charge < -0.3 is 0 Å². The Morgan fingerprint density at radius 3 is 1.67 bits per heavy atom. The summed E-state index contributed by atoms with van der Waals surface area (Å²) in [4.78, 5) is 0. The molecule has 0 bridgehead atoms. The molecule has 3 heteroatoms. The number of hydrogen-bond donors (Lipinski definition) is 0. The molecule has 0 N–H and O–H groups in total. The van der Waals surface area contributed by atoms with Crippen LogP contribution in [0, 0.1) is 0 Å². The molecule has 0 radical (unpaired) electrons. The summed E-state index contributed by atoms with van der Waals surface area (Å²) in [6.45, 7) is 1.28. The predicted octanol–water partition coefficient (Wildman–Crippen LogP) is 7.56. The van der Waals surface area contributed by atoms with Gasteiger partial charge >= 0.3 is 0 Å². The third-order valence-electron chi connectivity index (χ3n) is 3.95. The van der Waals surface area contributed by atoms with Gasteiger partial charge in [0.05, 0.1) is 0 Å². The molecule has 0 spiro atoms. The molecule has 0 atom stereocenters. The fourth-order valence-electron chi connectivity index (χ4n) is 2.59. The lowest BCUT2D eigenvalue weighted by Crippen LogP contribution is -1.95. The normalized spacial score (nSPS) is 11.2. The second kappa shape index (κ2) is 12.7. The maximum absolute atomic E-state index is 5.90. The average molecular weight is 347 g/mol. The number of unbranched alkanes of at least 4 members (excludes halogenated alkanes) is 9. The second-order valence-corrected chi connectivity index (χ2v) is 9.36. The van der Waals surface area contributed by atoms with E-state index in [0.717, 1.165) is 5.30 Å². The van der Waals surface area contributed by atoms with Gasteiger partial charge in [0.25, 0.3) is 0 Å². The number of aryl methyl sites for hydroxylation is 1. The first-order valence-electron chi connectivity index (χ1n) is 8.44. The molecular formula is C18H29Cl2P. The van der Waals surface area contributed by atoms with Crippen molar-refractivity contribution in [1.82, 2.24) is 0 Å². The molecule has 0 aliphatic rings. The fraction of sp³-hybridized carbons (Fsp3) is 0.667. The minimum absolute atomic E-state index is 0.992. The molecular weight excluding hydrogens is 318 g/mol. The molecule has 1 aromatic rings. The zero-order valence-electron chi connectivity index (χ0n) is 13.3. The largest absolute Gasteiger partial charge is 0.116 e. The Morgan fingerprint density at radius 2 is 1.19 bits per heavy atom. The summed E-state index contributed by atoms with van der Waals surface area (Å²) >= 11 is 11.8. The predicted molar refractivity (Wildman–Crippen MR) is 100 cm³/mol. The first-order valence-corrected chi connectivity index (χ1v) is 11.6. The quantitative estimate of drug-likeness (QED) is 0.270. The summed E-state index contributed by atoms with van der Waals surface area (Å²) in [7, 11) is 0. The number of hydrogen-bond acceptors (Lipinski definition) is 0. The molecule has 0 nitrogen and oxygen atoms in total. The van der Waals surface area contributed by atoms with Gasteiger partial charge in [0.1, 0.15) is 6.63 Å². The Labute approximate surface area is 142 Å². The Balaban J connectivity index is 1.96. The summed E-state index contributed by atoms with van der Waals surface area (Å²) in [5.74, 6) is 0. The molecule has 0 fully saturated rings. The Hall–Kier alpha value is 0.230. The van der Waals surface area contributed by atoms with E-state index in [1.165, 1.54) is 76.2 Å². The Bertz CT molecular complexity index is 349. The van der Waals surface area contributed by atoms with Gasteiger partial charge in [-0.2, -0.15) is 0 Å². The number of rotatable bonds is 12. The van der Waals surface area contributed by atoms with Crippen LogP contribution in [0.25, 0.3) is 0 Å². The van der Waals surface area contributed by atoms with Gasteiger partial charge in [-0.1, -0.05) is 111 Å². The van der Waals surface area contributed by atoms with Crippen molar-refractivity contribution < 1.29 is 0 Å². The van der Waals surface area contributed by atoms with E-state index in [-0.39, 0.29) is 0 Å². The van der Waals surface area contributed by atoms with Crippen LogP contribution in [0.5, 0.6) is 0 Å². The molecule has 1 rings (SSSR count). The lowest BCUT2D eigenvalue weighted by molar-refractivity contribution is 0.556. The zero-order chi connectivity index (χ0) is 15.3. The molecule has 0 heterocycles. The first-order chi connectivity index (χ1) is 10.2. The van der Waals surface area contributed by atoms with Gasteiger partial charge in [0, 0.05) is 5.30 Å². The summed E-state index contributed by atoms with van der Waals surface area (Å²) in [6, 6.07) is 8.47. The molecule has 0 amide bonds. The van der Waals surface area contributed by atoms with E-state index in [2.05, 4.69) is 31.2 Å². The number of halogens is 2. The van der Waals surface area contributed by atoms with Crippen molar-refractivity contribution in [2.24, 2.45) is 0 Å². The minimum Gasteiger partial charge on any atom is -0.0727 e. The Kier molecular flexibility index (Phi) is 11.7. The second-order valence-electron chi connectivity index (χ2n) is 5.83. The van der Waals surface area contributed by atoms with E-state index in [9.17, 15) is 0 Å². The molecule has 120 valence electrons. The van der Waals surface area contributed by atoms with Crippen molar-refractivity contribution in [3.8, 4) is 0 Å². The van der Waals surface area contributed by atoms with Gasteiger partial charge in [-0.05, 0) is 18.4 Å². The molecule has 0 aliphatic carbocycles. The average Bonchev–Trinajstić information content (AvgIpc) is 2.49. The highest BCUT2D eigenvalue weighted by Gasteiger charge is 2.02. The van der Waals surface area contributed by atoms with Crippen LogP contribution in [0.4, 0.5) is 0 Å². The van der Waals surface area contributed by atoms with Crippen molar-refractivity contribution in [3.05, 3.63) is 29.8 Å². The molecule has 0 saturated heterocycles. The lowest BCUT2D eigenvalue weighted by Gasteiger charge is -2.05. The summed E-state index contributed by atoms with van der Waals surface area (Å²) in [5.41, 5.74) is 1.41. The van der Waals surface area contributed by atoms with Crippen LogP contribution in [0.3, 0.4) is 0 Å². The first kappa shape index (κ1) is 19.3. The molecule has 0 saturated carbocycles. The zero-order valence-corrected chi connectivity index (χ0v) is 15.7. The van der Waals surface area contributed by atoms with Crippen molar-refractivity contribution in [3.63, 3.8) is 0 Å². The van der Waals surface area contributed by atoms with E-state index >= 15 is 0 Å². The van der Waals surface area contributed by atoms with Crippen molar-refractivity contribution in [2.45, 2.75) is 77.6 Å². The molecule has 1 aromatic carbocycles. The summed E-state index contributed by atoms with van der Waals surface area (Å²) in [6.07, 6.45) is 15.1. The lowest BCUT2D eigenvalue weighted by atomic mass is 10.0. The van der Waals surface area contributed by atoms with E-state index in [1.807, 2.05) is 0 Å². The maximum Gasteiger partial charge on any atom is 0.116 e.